The molecular weight excluding hydrogens is 122 g/mol. The fourth-order valence-electron chi connectivity index (χ4n) is 1.59. The van der Waals surface area contributed by atoms with Crippen LogP contribution >= 0.6 is 0 Å². The monoisotopic (exact) mass is 141 g/mol. The first-order chi connectivity index (χ1) is 4.93. The molecule has 1 rings (SSSR count). The summed E-state index contributed by atoms with van der Waals surface area (Å²) in [5.41, 5.74) is 0. The molecule has 1 heteroatoms. The highest BCUT2D eigenvalue weighted by atomic mass is 15.1. The van der Waals surface area contributed by atoms with Gasteiger partial charge in [-0.2, -0.15) is 4.90 Å². The summed E-state index contributed by atoms with van der Waals surface area (Å²) < 4.78 is 0. The van der Waals surface area contributed by atoms with Crippen molar-refractivity contribution < 1.29 is 0 Å². The van der Waals surface area contributed by atoms with Crippen molar-refractivity contribution in [2.75, 3.05) is 19.6 Å². The average Bonchev–Trinajstić information content (AvgIpc) is 2.41. The maximum atomic E-state index is 2.59. The second-order valence-corrected chi connectivity index (χ2v) is 3.26. The summed E-state index contributed by atoms with van der Waals surface area (Å²) >= 11 is 0. The molecule has 0 unspecified atom stereocenters. The summed E-state index contributed by atoms with van der Waals surface area (Å²) in [5, 5.41) is 0. The first-order valence-corrected chi connectivity index (χ1v) is 4.66. The highest BCUT2D eigenvalue weighted by Gasteiger charge is 2.19. The minimum Gasteiger partial charge on any atom is -0.170 e. The van der Waals surface area contributed by atoms with Gasteiger partial charge in [-0.1, -0.05) is 13.3 Å². The molecule has 0 aromatic carbocycles. The molecule has 0 aromatic heterocycles. The van der Waals surface area contributed by atoms with Crippen LogP contribution < -0.4 is 4.90 Å². The normalized spacial score (nSPS) is 20.1. The first-order valence-electron chi connectivity index (χ1n) is 4.66. The molecule has 1 nitrogen and oxygen atoms in total. The molecular formula is C9H19N+. The average molecular weight is 141 g/mol. The number of hydrogen-bond donors (Lipinski definition) is 0. The third-order valence-electron chi connectivity index (χ3n) is 2.28. The van der Waals surface area contributed by atoms with Gasteiger partial charge in [0, 0.05) is 19.3 Å². The van der Waals surface area contributed by atoms with E-state index in [1.54, 1.807) is 0 Å². The molecule has 0 amide bonds. The van der Waals surface area contributed by atoms with E-state index in [9.17, 15) is 0 Å². The van der Waals surface area contributed by atoms with E-state index in [4.69, 9.17) is 0 Å². The van der Waals surface area contributed by atoms with Gasteiger partial charge in [0.25, 0.3) is 0 Å². The molecule has 1 fully saturated rings. The molecule has 59 valence electrons. The summed E-state index contributed by atoms with van der Waals surface area (Å²) in [6.07, 6.45) is 7.05. The van der Waals surface area contributed by atoms with Crippen molar-refractivity contribution in [3.05, 3.63) is 0 Å². The Morgan fingerprint density at radius 3 is 2.40 bits per heavy atom. The maximum Gasteiger partial charge on any atom is 0.123 e. The Morgan fingerprint density at radius 2 is 1.80 bits per heavy atom. The zero-order valence-electron chi connectivity index (χ0n) is 7.10. The number of unbranched alkanes of at least 4 members (excludes halogenated alkanes) is 2. The molecule has 0 spiro atoms. The van der Waals surface area contributed by atoms with Gasteiger partial charge >= 0.3 is 0 Å². The van der Waals surface area contributed by atoms with Crippen LogP contribution in [-0.4, -0.2) is 19.6 Å². The van der Waals surface area contributed by atoms with Crippen LogP contribution in [0.4, 0.5) is 0 Å². The van der Waals surface area contributed by atoms with E-state index in [2.05, 4.69) is 11.8 Å². The zero-order chi connectivity index (χ0) is 7.23. The van der Waals surface area contributed by atoms with Crippen molar-refractivity contribution in [2.45, 2.75) is 39.0 Å². The van der Waals surface area contributed by atoms with E-state index >= 15 is 0 Å². The molecule has 1 saturated heterocycles. The molecule has 0 aromatic rings. The molecule has 0 saturated carbocycles. The third kappa shape index (κ3) is 2.70. The van der Waals surface area contributed by atoms with Crippen molar-refractivity contribution >= 4 is 0 Å². The standard InChI is InChI=1S/C9H19N/c1-2-3-4-7-10-8-5-6-9-10/h2-9H2,1H3/q+1. The smallest absolute Gasteiger partial charge is 0.123 e. The molecule has 0 atom stereocenters. The largest absolute Gasteiger partial charge is 0.170 e. The van der Waals surface area contributed by atoms with Crippen LogP contribution in [0.5, 0.6) is 0 Å². The lowest BCUT2D eigenvalue weighted by Crippen LogP contribution is -2.26. The highest BCUT2D eigenvalue weighted by Crippen LogP contribution is 2.05. The van der Waals surface area contributed by atoms with Gasteiger partial charge in [0.1, 0.15) is 19.6 Å². The fourth-order valence-corrected chi connectivity index (χ4v) is 1.59. The van der Waals surface area contributed by atoms with E-state index in [-0.39, 0.29) is 0 Å². The Kier molecular flexibility index (Phi) is 3.81. The summed E-state index contributed by atoms with van der Waals surface area (Å²) in [6, 6.07) is 0. The van der Waals surface area contributed by atoms with Gasteiger partial charge in [-0.15, -0.1) is 0 Å². The summed E-state index contributed by atoms with van der Waals surface area (Å²) in [6.45, 7) is 6.35. The van der Waals surface area contributed by atoms with Crippen LogP contribution in [0.1, 0.15) is 39.0 Å². The number of hydrogen-bond acceptors (Lipinski definition) is 1. The predicted octanol–water partition coefficient (Wildman–Crippen LogP) is 2.11. The van der Waals surface area contributed by atoms with Gasteiger partial charge in [-0.25, -0.2) is 0 Å². The quantitative estimate of drug-likeness (QED) is 0.418. The van der Waals surface area contributed by atoms with Gasteiger partial charge in [0.2, 0.25) is 0 Å². The molecule has 0 bridgehead atoms. The van der Waals surface area contributed by atoms with Crippen molar-refractivity contribution in [1.29, 1.82) is 0 Å². The Hall–Kier alpha value is -0.0400. The van der Waals surface area contributed by atoms with E-state index in [1.807, 2.05) is 0 Å². The third-order valence-corrected chi connectivity index (χ3v) is 2.28. The molecule has 1 heterocycles. The van der Waals surface area contributed by atoms with Crippen LogP contribution in [0.3, 0.4) is 0 Å². The van der Waals surface area contributed by atoms with E-state index in [0.717, 1.165) is 0 Å². The Morgan fingerprint density at radius 1 is 1.10 bits per heavy atom. The first kappa shape index (κ1) is 8.06. The summed E-state index contributed by atoms with van der Waals surface area (Å²) in [5.74, 6) is 0. The van der Waals surface area contributed by atoms with Crippen molar-refractivity contribution in [2.24, 2.45) is 0 Å². The molecule has 1 aliphatic heterocycles. The number of nitrogens with zero attached hydrogens (tertiary/aromatic N) is 1. The minimum atomic E-state index is 1.36. The van der Waals surface area contributed by atoms with Crippen LogP contribution in [0.2, 0.25) is 0 Å². The van der Waals surface area contributed by atoms with E-state index < -0.39 is 0 Å². The predicted molar refractivity (Wildman–Crippen MR) is 45.5 cm³/mol. The van der Waals surface area contributed by atoms with E-state index in [1.165, 1.54) is 51.7 Å². The minimum absolute atomic E-state index is 1.36. The topological polar surface area (TPSA) is 5.90 Å². The molecule has 0 aliphatic carbocycles. The second kappa shape index (κ2) is 4.73. The lowest BCUT2D eigenvalue weighted by atomic mass is 10.2. The fraction of sp³-hybridized carbons (Fsp3) is 1.00. The Labute approximate surface area is 64.4 Å². The van der Waals surface area contributed by atoms with Gasteiger partial charge in [0.15, 0.2) is 0 Å². The maximum absolute atomic E-state index is 2.59. The van der Waals surface area contributed by atoms with Crippen molar-refractivity contribution in [3.8, 4) is 0 Å². The second-order valence-electron chi connectivity index (χ2n) is 3.26. The van der Waals surface area contributed by atoms with Crippen molar-refractivity contribution in [3.63, 3.8) is 0 Å². The molecule has 1 aliphatic rings. The summed E-state index contributed by atoms with van der Waals surface area (Å²) in [7, 11) is 0. The van der Waals surface area contributed by atoms with E-state index in [0.29, 0.717) is 0 Å². The number of likely N-dealkylation sites (tertiary alicyclic amines) is 1. The van der Waals surface area contributed by atoms with Crippen LogP contribution in [0.15, 0.2) is 0 Å². The summed E-state index contributed by atoms with van der Waals surface area (Å²) in [4.78, 5) is 2.59. The van der Waals surface area contributed by atoms with Crippen molar-refractivity contribution in [1.82, 2.24) is 4.90 Å². The SMILES string of the molecule is CCCCC[N+]1CCCC1. The van der Waals surface area contributed by atoms with Gasteiger partial charge in [-0.3, -0.25) is 0 Å². The number of rotatable bonds is 4. The highest BCUT2D eigenvalue weighted by molar-refractivity contribution is 4.70. The van der Waals surface area contributed by atoms with Crippen LogP contribution in [0, 0.1) is 0 Å². The van der Waals surface area contributed by atoms with Crippen LogP contribution in [-0.2, 0) is 0 Å². The molecule has 10 heavy (non-hydrogen) atoms. The lowest BCUT2D eigenvalue weighted by Gasteiger charge is -2.02. The Balaban J connectivity index is 1.91. The zero-order valence-corrected chi connectivity index (χ0v) is 7.10. The molecule has 0 N–H and O–H groups in total. The van der Waals surface area contributed by atoms with Gasteiger partial charge < -0.3 is 0 Å². The van der Waals surface area contributed by atoms with Gasteiger partial charge in [0.05, 0.1) is 0 Å². The Bertz CT molecular complexity index is 74.8. The lowest BCUT2D eigenvalue weighted by molar-refractivity contribution is 0.464. The van der Waals surface area contributed by atoms with Gasteiger partial charge in [-0.05, 0) is 6.42 Å². The van der Waals surface area contributed by atoms with Crippen LogP contribution in [0.25, 0.3) is 0 Å². The molecule has 1 radical (unpaired) electrons.